The molecule has 0 atom stereocenters. The van der Waals surface area contributed by atoms with E-state index in [9.17, 15) is 10.1 Å². The van der Waals surface area contributed by atoms with Crippen molar-refractivity contribution in [2.75, 3.05) is 0 Å². The molecule has 0 saturated carbocycles. The quantitative estimate of drug-likeness (QED) is 0.311. The summed E-state index contributed by atoms with van der Waals surface area (Å²) in [5, 5.41) is 10.9. The van der Waals surface area contributed by atoms with Crippen molar-refractivity contribution >= 4 is 28.5 Å². The Labute approximate surface area is 169 Å². The summed E-state index contributed by atoms with van der Waals surface area (Å²) in [6, 6.07) is 18.3. The number of nitro benzene ring substituents is 1. The van der Waals surface area contributed by atoms with Crippen LogP contribution in [-0.2, 0) is 0 Å². The smallest absolute Gasteiger partial charge is 0.258 e. The molecule has 6 heteroatoms. The van der Waals surface area contributed by atoms with E-state index in [1.807, 2.05) is 70.2 Å². The molecule has 0 amide bonds. The average molecular weight is 386 g/mol. The molecule has 0 aliphatic rings. The summed E-state index contributed by atoms with van der Waals surface area (Å²) in [6.07, 6.45) is 0. The van der Waals surface area contributed by atoms with Crippen molar-refractivity contribution in [3.05, 3.63) is 93.3 Å². The first-order valence-corrected chi connectivity index (χ1v) is 9.24. The number of hydrogen-bond acceptors (Lipinski definition) is 5. The van der Waals surface area contributed by atoms with Gasteiger partial charge in [-0.25, -0.2) is 4.98 Å². The zero-order chi connectivity index (χ0) is 21.0. The Morgan fingerprint density at radius 2 is 1.41 bits per heavy atom. The third-order valence-corrected chi connectivity index (χ3v) is 4.57. The summed E-state index contributed by atoms with van der Waals surface area (Å²) < 4.78 is 0. The minimum absolute atomic E-state index is 0.0577. The van der Waals surface area contributed by atoms with Gasteiger partial charge in [0.25, 0.3) is 5.69 Å². The molecule has 3 rings (SSSR count). The number of nitro groups is 1. The second kappa shape index (κ2) is 8.56. The van der Waals surface area contributed by atoms with E-state index in [1.165, 1.54) is 12.1 Å². The standard InChI is InChI=1S/C23H22N4O2/c1-15-8-5-6-9-20(15)24-17(3)22-10-7-11-23(26-22)18(4)25-21-13-12-19(27(28)29)14-16(21)2/h5-14H,1-4H3. The second-order valence-electron chi connectivity index (χ2n) is 6.82. The van der Waals surface area contributed by atoms with Gasteiger partial charge in [-0.05, 0) is 63.1 Å². The zero-order valence-electron chi connectivity index (χ0n) is 16.9. The minimum atomic E-state index is -0.408. The molecular formula is C23H22N4O2. The lowest BCUT2D eigenvalue weighted by Gasteiger charge is -2.07. The molecule has 0 spiro atoms. The first-order valence-electron chi connectivity index (χ1n) is 9.24. The summed E-state index contributed by atoms with van der Waals surface area (Å²) in [5.41, 5.74) is 6.58. The number of benzene rings is 2. The summed E-state index contributed by atoms with van der Waals surface area (Å²) in [6.45, 7) is 7.65. The van der Waals surface area contributed by atoms with Crippen LogP contribution >= 0.6 is 0 Å². The molecule has 0 fully saturated rings. The van der Waals surface area contributed by atoms with Crippen LogP contribution in [0.25, 0.3) is 0 Å². The van der Waals surface area contributed by atoms with Crippen LogP contribution in [0.1, 0.15) is 36.4 Å². The molecule has 0 saturated heterocycles. The topological polar surface area (TPSA) is 80.8 Å². The van der Waals surface area contributed by atoms with Gasteiger partial charge in [-0.3, -0.25) is 20.1 Å². The molecule has 1 aromatic heterocycles. The third-order valence-electron chi connectivity index (χ3n) is 4.57. The van der Waals surface area contributed by atoms with Crippen molar-refractivity contribution in [1.29, 1.82) is 0 Å². The van der Waals surface area contributed by atoms with Gasteiger partial charge in [0.05, 0.1) is 39.1 Å². The van der Waals surface area contributed by atoms with Crippen molar-refractivity contribution in [1.82, 2.24) is 4.98 Å². The van der Waals surface area contributed by atoms with Crippen LogP contribution in [0, 0.1) is 24.0 Å². The number of non-ortho nitro benzene ring substituents is 1. The van der Waals surface area contributed by atoms with Gasteiger partial charge in [0.2, 0.25) is 0 Å². The summed E-state index contributed by atoms with van der Waals surface area (Å²) >= 11 is 0. The van der Waals surface area contributed by atoms with Crippen LogP contribution in [0.4, 0.5) is 17.1 Å². The number of aromatic nitrogens is 1. The predicted molar refractivity (Wildman–Crippen MR) is 117 cm³/mol. The Hall–Kier alpha value is -3.67. The molecule has 0 aliphatic heterocycles. The molecule has 0 bridgehead atoms. The first-order chi connectivity index (χ1) is 13.8. The maximum atomic E-state index is 10.9. The van der Waals surface area contributed by atoms with Crippen LogP contribution < -0.4 is 0 Å². The van der Waals surface area contributed by atoms with E-state index >= 15 is 0 Å². The lowest BCUT2D eigenvalue weighted by Crippen LogP contribution is -2.05. The number of aryl methyl sites for hydroxylation is 2. The van der Waals surface area contributed by atoms with Crippen LogP contribution in [0.2, 0.25) is 0 Å². The SMILES string of the molecule is CC(=Nc1ccccc1C)c1cccc(C(C)=Nc2ccc([N+](=O)[O-])cc2C)n1. The van der Waals surface area contributed by atoms with E-state index in [0.717, 1.165) is 39.6 Å². The summed E-state index contributed by atoms with van der Waals surface area (Å²) in [5.74, 6) is 0. The van der Waals surface area contributed by atoms with Gasteiger partial charge in [-0.15, -0.1) is 0 Å². The van der Waals surface area contributed by atoms with Crippen LogP contribution in [-0.4, -0.2) is 21.3 Å². The van der Waals surface area contributed by atoms with Gasteiger partial charge < -0.3 is 0 Å². The molecule has 0 N–H and O–H groups in total. The number of aliphatic imine (C=N–C) groups is 2. The molecular weight excluding hydrogens is 364 g/mol. The zero-order valence-corrected chi connectivity index (χ0v) is 16.9. The Morgan fingerprint density at radius 3 is 1.97 bits per heavy atom. The molecule has 0 radical (unpaired) electrons. The van der Waals surface area contributed by atoms with Gasteiger partial charge >= 0.3 is 0 Å². The van der Waals surface area contributed by atoms with Crippen molar-refractivity contribution < 1.29 is 4.92 Å². The van der Waals surface area contributed by atoms with Crippen molar-refractivity contribution in [3.8, 4) is 0 Å². The molecule has 1 heterocycles. The highest BCUT2D eigenvalue weighted by Gasteiger charge is 2.09. The molecule has 0 unspecified atom stereocenters. The summed E-state index contributed by atoms with van der Waals surface area (Å²) in [7, 11) is 0. The fraction of sp³-hybridized carbons (Fsp3) is 0.174. The number of nitrogens with zero attached hydrogens (tertiary/aromatic N) is 4. The second-order valence-corrected chi connectivity index (χ2v) is 6.82. The monoisotopic (exact) mass is 386 g/mol. The Kier molecular flexibility index (Phi) is 5.93. The maximum absolute atomic E-state index is 10.9. The minimum Gasteiger partial charge on any atom is -0.258 e. The summed E-state index contributed by atoms with van der Waals surface area (Å²) in [4.78, 5) is 24.5. The third kappa shape index (κ3) is 4.79. The van der Waals surface area contributed by atoms with Gasteiger partial charge in [-0.1, -0.05) is 24.3 Å². The van der Waals surface area contributed by atoms with E-state index in [4.69, 9.17) is 9.98 Å². The highest BCUT2D eigenvalue weighted by Crippen LogP contribution is 2.24. The molecule has 6 nitrogen and oxygen atoms in total. The van der Waals surface area contributed by atoms with Crippen LogP contribution in [0.5, 0.6) is 0 Å². The van der Waals surface area contributed by atoms with Crippen LogP contribution in [0.15, 0.2) is 70.6 Å². The lowest BCUT2D eigenvalue weighted by atomic mass is 10.1. The van der Waals surface area contributed by atoms with Gasteiger partial charge in [0.15, 0.2) is 0 Å². The number of pyridine rings is 1. The molecule has 2 aromatic carbocycles. The fourth-order valence-electron chi connectivity index (χ4n) is 2.88. The number of hydrogen-bond donors (Lipinski definition) is 0. The Bertz CT molecular complexity index is 1130. The van der Waals surface area contributed by atoms with E-state index in [1.54, 1.807) is 6.07 Å². The van der Waals surface area contributed by atoms with Crippen LogP contribution in [0.3, 0.4) is 0 Å². The highest BCUT2D eigenvalue weighted by molar-refractivity contribution is 6.02. The maximum Gasteiger partial charge on any atom is 0.269 e. The van der Waals surface area contributed by atoms with E-state index in [2.05, 4.69) is 4.99 Å². The van der Waals surface area contributed by atoms with E-state index < -0.39 is 4.92 Å². The Morgan fingerprint density at radius 1 is 0.828 bits per heavy atom. The van der Waals surface area contributed by atoms with Gasteiger partial charge in [-0.2, -0.15) is 0 Å². The van der Waals surface area contributed by atoms with E-state index in [0.29, 0.717) is 5.69 Å². The number of rotatable bonds is 5. The largest absolute Gasteiger partial charge is 0.269 e. The average Bonchev–Trinajstić information content (AvgIpc) is 2.71. The van der Waals surface area contributed by atoms with Crippen molar-refractivity contribution in [3.63, 3.8) is 0 Å². The van der Waals surface area contributed by atoms with Crippen molar-refractivity contribution in [2.45, 2.75) is 27.7 Å². The van der Waals surface area contributed by atoms with Gasteiger partial charge in [0, 0.05) is 12.1 Å². The molecule has 0 aliphatic carbocycles. The predicted octanol–water partition coefficient (Wildman–Crippen LogP) is 5.89. The van der Waals surface area contributed by atoms with E-state index in [-0.39, 0.29) is 5.69 Å². The molecule has 29 heavy (non-hydrogen) atoms. The molecule has 146 valence electrons. The normalized spacial score (nSPS) is 12.1. The van der Waals surface area contributed by atoms with Gasteiger partial charge in [0.1, 0.15) is 0 Å². The van der Waals surface area contributed by atoms with Crippen molar-refractivity contribution in [2.24, 2.45) is 9.98 Å². The molecule has 3 aromatic rings. The number of para-hydroxylation sites is 1. The Balaban J connectivity index is 1.92. The fourth-order valence-corrected chi connectivity index (χ4v) is 2.88. The lowest BCUT2D eigenvalue weighted by molar-refractivity contribution is -0.384. The first kappa shape index (κ1) is 20.1. The highest BCUT2D eigenvalue weighted by atomic mass is 16.6.